The summed E-state index contributed by atoms with van der Waals surface area (Å²) >= 11 is 12.1. The molecule has 1 aliphatic rings. The van der Waals surface area contributed by atoms with Crippen molar-refractivity contribution in [3.8, 4) is 11.4 Å². The summed E-state index contributed by atoms with van der Waals surface area (Å²) in [6.07, 6.45) is 3.57. The van der Waals surface area contributed by atoms with E-state index in [1.54, 1.807) is 6.07 Å². The first kappa shape index (κ1) is 16.8. The molecule has 3 rings (SSSR count). The number of hydrogen-bond donors (Lipinski definition) is 1. The first-order valence-corrected chi connectivity index (χ1v) is 9.05. The average molecular weight is 352 g/mol. The van der Waals surface area contributed by atoms with Gasteiger partial charge in [-0.25, -0.2) is 4.98 Å². The number of H-pyrrole nitrogens is 1. The fourth-order valence-electron chi connectivity index (χ4n) is 4.10. The largest absolute Gasteiger partial charge is 0.263 e. The monoisotopic (exact) mass is 351 g/mol. The number of benzene rings is 1. The Kier molecular flexibility index (Phi) is 4.98. The van der Waals surface area contributed by atoms with E-state index < -0.39 is 0 Å². The zero-order valence-corrected chi connectivity index (χ0v) is 15.3. The third-order valence-corrected chi connectivity index (χ3v) is 5.53. The number of aromatic nitrogens is 3. The van der Waals surface area contributed by atoms with Crippen molar-refractivity contribution in [3.05, 3.63) is 34.1 Å². The molecule has 124 valence electrons. The molecule has 0 saturated heterocycles. The molecule has 1 aromatic heterocycles. The average Bonchev–Trinajstić information content (AvgIpc) is 2.90. The second-order valence-corrected chi connectivity index (χ2v) is 8.04. The SMILES string of the molecule is CC1CC(C)C(Cc2nc(-c3cc(Cl)cc(Cl)c3)n[nH]2)C(C)C1. The van der Waals surface area contributed by atoms with Crippen LogP contribution in [-0.4, -0.2) is 15.2 Å². The van der Waals surface area contributed by atoms with E-state index >= 15 is 0 Å². The van der Waals surface area contributed by atoms with Crippen molar-refractivity contribution in [1.29, 1.82) is 0 Å². The fraction of sp³-hybridized carbons (Fsp3) is 0.556. The molecular formula is C18H23Cl2N3. The zero-order valence-electron chi connectivity index (χ0n) is 13.8. The third-order valence-electron chi connectivity index (χ3n) is 5.09. The maximum Gasteiger partial charge on any atom is 0.181 e. The summed E-state index contributed by atoms with van der Waals surface area (Å²) < 4.78 is 0. The van der Waals surface area contributed by atoms with E-state index in [-0.39, 0.29) is 0 Å². The second-order valence-electron chi connectivity index (χ2n) is 7.16. The fourth-order valence-corrected chi connectivity index (χ4v) is 4.63. The maximum absolute atomic E-state index is 6.06. The van der Waals surface area contributed by atoms with E-state index in [0.29, 0.717) is 21.8 Å². The molecule has 1 fully saturated rings. The quantitative estimate of drug-likeness (QED) is 0.777. The number of nitrogens with zero attached hydrogens (tertiary/aromatic N) is 2. The van der Waals surface area contributed by atoms with Gasteiger partial charge in [0.05, 0.1) is 0 Å². The molecule has 1 heterocycles. The molecule has 1 aliphatic carbocycles. The lowest BCUT2D eigenvalue weighted by atomic mass is 9.68. The maximum atomic E-state index is 6.06. The lowest BCUT2D eigenvalue weighted by molar-refractivity contribution is 0.134. The molecule has 0 spiro atoms. The van der Waals surface area contributed by atoms with Crippen LogP contribution in [0, 0.1) is 23.7 Å². The molecule has 1 saturated carbocycles. The molecule has 23 heavy (non-hydrogen) atoms. The first-order chi connectivity index (χ1) is 10.9. The van der Waals surface area contributed by atoms with Crippen molar-refractivity contribution >= 4 is 23.2 Å². The minimum absolute atomic E-state index is 0.599. The summed E-state index contributed by atoms with van der Waals surface area (Å²) in [5.74, 6) is 4.55. The lowest BCUT2D eigenvalue weighted by Gasteiger charge is -2.37. The smallest absolute Gasteiger partial charge is 0.181 e. The number of halogens is 2. The van der Waals surface area contributed by atoms with E-state index in [4.69, 9.17) is 23.2 Å². The Morgan fingerprint density at radius 2 is 1.65 bits per heavy atom. The van der Waals surface area contributed by atoms with Crippen LogP contribution in [0.4, 0.5) is 0 Å². The van der Waals surface area contributed by atoms with E-state index in [0.717, 1.165) is 35.6 Å². The molecule has 5 heteroatoms. The van der Waals surface area contributed by atoms with Gasteiger partial charge in [-0.1, -0.05) is 44.0 Å². The minimum atomic E-state index is 0.599. The normalized spacial score (nSPS) is 28.0. The van der Waals surface area contributed by atoms with E-state index in [9.17, 15) is 0 Å². The van der Waals surface area contributed by atoms with Crippen LogP contribution in [0.15, 0.2) is 18.2 Å². The van der Waals surface area contributed by atoms with Gasteiger partial charge in [0.1, 0.15) is 5.82 Å². The summed E-state index contributed by atoms with van der Waals surface area (Å²) in [6, 6.07) is 5.40. The van der Waals surface area contributed by atoms with Crippen molar-refractivity contribution in [2.45, 2.75) is 40.0 Å². The van der Waals surface area contributed by atoms with Crippen LogP contribution in [0.3, 0.4) is 0 Å². The Labute approximate surface area is 147 Å². The summed E-state index contributed by atoms with van der Waals surface area (Å²) in [7, 11) is 0. The number of aromatic amines is 1. The topological polar surface area (TPSA) is 41.6 Å². The van der Waals surface area contributed by atoms with Gasteiger partial charge in [-0.2, -0.15) is 5.10 Å². The predicted molar refractivity (Wildman–Crippen MR) is 95.8 cm³/mol. The molecule has 1 N–H and O–H groups in total. The summed E-state index contributed by atoms with van der Waals surface area (Å²) in [6.45, 7) is 7.09. The molecule has 3 nitrogen and oxygen atoms in total. The Morgan fingerprint density at radius 1 is 1.04 bits per heavy atom. The van der Waals surface area contributed by atoms with Gasteiger partial charge in [0.15, 0.2) is 5.82 Å². The van der Waals surface area contributed by atoms with E-state index in [2.05, 4.69) is 36.0 Å². The molecule has 0 bridgehead atoms. The van der Waals surface area contributed by atoms with Crippen molar-refractivity contribution in [2.24, 2.45) is 23.7 Å². The van der Waals surface area contributed by atoms with Gasteiger partial charge in [-0.15, -0.1) is 0 Å². The van der Waals surface area contributed by atoms with Crippen LogP contribution in [0.1, 0.15) is 39.4 Å². The highest BCUT2D eigenvalue weighted by molar-refractivity contribution is 6.35. The molecule has 1 aromatic carbocycles. The van der Waals surface area contributed by atoms with Crippen molar-refractivity contribution in [2.75, 3.05) is 0 Å². The van der Waals surface area contributed by atoms with Crippen LogP contribution >= 0.6 is 23.2 Å². The highest BCUT2D eigenvalue weighted by Gasteiger charge is 2.32. The van der Waals surface area contributed by atoms with Crippen LogP contribution in [0.25, 0.3) is 11.4 Å². The van der Waals surface area contributed by atoms with Gasteiger partial charge < -0.3 is 0 Å². The van der Waals surface area contributed by atoms with Gasteiger partial charge in [0.2, 0.25) is 0 Å². The van der Waals surface area contributed by atoms with Crippen LogP contribution < -0.4 is 0 Å². The third kappa shape index (κ3) is 3.89. The molecule has 2 atom stereocenters. The van der Waals surface area contributed by atoms with Gasteiger partial charge in [-0.3, -0.25) is 5.10 Å². The Hall–Kier alpha value is -1.06. The van der Waals surface area contributed by atoms with Gasteiger partial charge >= 0.3 is 0 Å². The molecule has 2 aromatic rings. The predicted octanol–water partition coefficient (Wildman–Crippen LogP) is 5.64. The molecule has 2 unspecified atom stereocenters. The molecule has 0 radical (unpaired) electrons. The van der Waals surface area contributed by atoms with Gasteiger partial charge in [0, 0.05) is 22.0 Å². The summed E-state index contributed by atoms with van der Waals surface area (Å²) in [4.78, 5) is 4.66. The first-order valence-electron chi connectivity index (χ1n) is 8.30. The van der Waals surface area contributed by atoms with Gasteiger partial charge in [0.25, 0.3) is 0 Å². The Morgan fingerprint density at radius 3 is 2.26 bits per heavy atom. The lowest BCUT2D eigenvalue weighted by Crippen LogP contribution is -2.30. The van der Waals surface area contributed by atoms with Gasteiger partial charge in [-0.05, 0) is 54.7 Å². The van der Waals surface area contributed by atoms with Crippen molar-refractivity contribution < 1.29 is 0 Å². The number of nitrogens with one attached hydrogen (secondary N) is 1. The molecule has 0 amide bonds. The minimum Gasteiger partial charge on any atom is -0.263 e. The van der Waals surface area contributed by atoms with Crippen LogP contribution in [0.2, 0.25) is 10.0 Å². The summed E-state index contributed by atoms with van der Waals surface area (Å²) in [5.41, 5.74) is 0.850. The zero-order chi connectivity index (χ0) is 16.6. The second kappa shape index (κ2) is 6.82. The highest BCUT2D eigenvalue weighted by atomic mass is 35.5. The Bertz CT molecular complexity index is 650. The number of hydrogen-bond acceptors (Lipinski definition) is 2. The Balaban J connectivity index is 1.77. The molecular weight excluding hydrogens is 329 g/mol. The van der Waals surface area contributed by atoms with Crippen molar-refractivity contribution in [1.82, 2.24) is 15.2 Å². The van der Waals surface area contributed by atoms with Crippen molar-refractivity contribution in [3.63, 3.8) is 0 Å². The number of rotatable bonds is 3. The standard InChI is InChI=1S/C18H23Cl2N3/c1-10-4-11(2)16(12(3)5-10)9-17-21-18(23-22-17)13-6-14(19)8-15(20)7-13/h6-8,10-12,16H,4-5,9H2,1-3H3,(H,21,22,23). The van der Waals surface area contributed by atoms with E-state index in [1.165, 1.54) is 12.8 Å². The molecule has 0 aliphatic heterocycles. The van der Waals surface area contributed by atoms with Crippen LogP contribution in [0.5, 0.6) is 0 Å². The summed E-state index contributed by atoms with van der Waals surface area (Å²) in [5, 5.41) is 8.64. The van der Waals surface area contributed by atoms with E-state index in [1.807, 2.05) is 12.1 Å². The highest BCUT2D eigenvalue weighted by Crippen LogP contribution is 2.39. The van der Waals surface area contributed by atoms with Crippen LogP contribution in [-0.2, 0) is 6.42 Å².